The summed E-state index contributed by atoms with van der Waals surface area (Å²) in [7, 11) is 0. The van der Waals surface area contributed by atoms with Crippen molar-refractivity contribution < 1.29 is 4.79 Å². The fourth-order valence-electron chi connectivity index (χ4n) is 0.640. The first-order valence-corrected chi connectivity index (χ1v) is 4.04. The van der Waals surface area contributed by atoms with Crippen LogP contribution in [0.25, 0.3) is 0 Å². The molecule has 2 nitrogen and oxygen atoms in total. The van der Waals surface area contributed by atoms with Crippen LogP contribution < -0.4 is 0 Å². The minimum atomic E-state index is 0.534. The number of thiol groups is 1. The summed E-state index contributed by atoms with van der Waals surface area (Å²) in [6.45, 7) is 0. The van der Waals surface area contributed by atoms with E-state index in [-0.39, 0.29) is 0 Å². The average Bonchev–Trinajstić information content (AvgIpc) is 1.95. The Morgan fingerprint density at radius 2 is 2.27 bits per heavy atom. The van der Waals surface area contributed by atoms with Crippen LogP contribution in [0.4, 0.5) is 5.69 Å². The molecule has 0 saturated heterocycles. The fraction of sp³-hybridized carbons (Fsp3) is 0. The monoisotopic (exact) mass is 229 g/mol. The summed E-state index contributed by atoms with van der Waals surface area (Å²) in [4.78, 5) is 14.0. The van der Waals surface area contributed by atoms with Crippen LogP contribution in [0.2, 0.25) is 0 Å². The molecule has 0 amide bonds. The first-order chi connectivity index (χ1) is 5.24. The second kappa shape index (κ2) is 3.72. The quantitative estimate of drug-likeness (QED) is 0.448. The van der Waals surface area contributed by atoms with E-state index in [4.69, 9.17) is 0 Å². The summed E-state index contributed by atoms with van der Waals surface area (Å²) in [6, 6.07) is 5.24. The van der Waals surface area contributed by atoms with Gasteiger partial charge in [0.2, 0.25) is 6.08 Å². The third kappa shape index (κ3) is 2.19. The zero-order valence-electron chi connectivity index (χ0n) is 5.41. The molecule has 0 saturated carbocycles. The van der Waals surface area contributed by atoms with Gasteiger partial charge in [-0.3, -0.25) is 0 Å². The van der Waals surface area contributed by atoms with Gasteiger partial charge in [-0.2, -0.15) is 4.99 Å². The van der Waals surface area contributed by atoms with E-state index in [9.17, 15) is 4.79 Å². The van der Waals surface area contributed by atoms with Crippen molar-refractivity contribution in [2.45, 2.75) is 4.90 Å². The number of hydrogen-bond acceptors (Lipinski definition) is 3. The molecule has 4 heteroatoms. The van der Waals surface area contributed by atoms with Crippen molar-refractivity contribution in [3.8, 4) is 0 Å². The van der Waals surface area contributed by atoms with Crippen molar-refractivity contribution in [1.29, 1.82) is 0 Å². The van der Waals surface area contributed by atoms with Crippen LogP contribution >= 0.6 is 28.6 Å². The molecule has 0 aliphatic rings. The average molecular weight is 230 g/mol. The molecule has 0 aliphatic heterocycles. The van der Waals surface area contributed by atoms with Crippen LogP contribution in [-0.4, -0.2) is 6.08 Å². The number of halogens is 1. The van der Waals surface area contributed by atoms with Crippen LogP contribution in [-0.2, 0) is 4.79 Å². The van der Waals surface area contributed by atoms with Crippen LogP contribution in [0.3, 0.4) is 0 Å². The van der Waals surface area contributed by atoms with Crippen molar-refractivity contribution >= 4 is 40.3 Å². The Labute approximate surface area is 77.9 Å². The Balaban J connectivity index is 3.19. The van der Waals surface area contributed by atoms with Crippen molar-refractivity contribution in [2.24, 2.45) is 4.99 Å². The lowest BCUT2D eigenvalue weighted by Crippen LogP contribution is -1.69. The van der Waals surface area contributed by atoms with E-state index >= 15 is 0 Å². The molecule has 1 rings (SSSR count). The normalized spacial score (nSPS) is 8.91. The SMILES string of the molecule is O=C=Nc1ccc(Br)cc1S. The minimum absolute atomic E-state index is 0.534. The zero-order valence-corrected chi connectivity index (χ0v) is 7.89. The Kier molecular flexibility index (Phi) is 2.88. The maximum atomic E-state index is 9.87. The second-order valence-corrected chi connectivity index (χ2v) is 3.23. The predicted octanol–water partition coefficient (Wildman–Crippen LogP) is 2.71. The standard InChI is InChI=1S/C7H4BrNOS/c8-5-1-2-6(9-4-10)7(11)3-5/h1-3,11H. The summed E-state index contributed by atoms with van der Waals surface area (Å²) in [6.07, 6.45) is 1.46. The maximum Gasteiger partial charge on any atom is 0.240 e. The fourth-order valence-corrected chi connectivity index (χ4v) is 1.44. The van der Waals surface area contributed by atoms with Crippen LogP contribution in [0, 0.1) is 0 Å². The van der Waals surface area contributed by atoms with Crippen molar-refractivity contribution in [3.63, 3.8) is 0 Å². The van der Waals surface area contributed by atoms with Gasteiger partial charge in [-0.15, -0.1) is 12.6 Å². The van der Waals surface area contributed by atoms with Crippen LogP contribution in [0.1, 0.15) is 0 Å². The van der Waals surface area contributed by atoms with E-state index in [1.54, 1.807) is 18.2 Å². The maximum absolute atomic E-state index is 9.87. The molecule has 0 radical (unpaired) electrons. The van der Waals surface area contributed by atoms with Gasteiger partial charge < -0.3 is 0 Å². The predicted molar refractivity (Wildman–Crippen MR) is 49.2 cm³/mol. The summed E-state index contributed by atoms with van der Waals surface area (Å²) >= 11 is 7.36. The molecular weight excluding hydrogens is 226 g/mol. The highest BCUT2D eigenvalue weighted by Crippen LogP contribution is 2.25. The Morgan fingerprint density at radius 3 is 2.82 bits per heavy atom. The van der Waals surface area contributed by atoms with E-state index in [1.807, 2.05) is 0 Å². The number of isocyanates is 1. The topological polar surface area (TPSA) is 29.4 Å². The molecule has 0 spiro atoms. The summed E-state index contributed by atoms with van der Waals surface area (Å²) in [5.41, 5.74) is 0.534. The smallest absolute Gasteiger partial charge is 0.211 e. The molecule has 11 heavy (non-hydrogen) atoms. The zero-order chi connectivity index (χ0) is 8.27. The third-order valence-corrected chi connectivity index (χ3v) is 1.96. The number of hydrogen-bond donors (Lipinski definition) is 1. The Hall–Kier alpha value is -0.570. The molecular formula is C7H4BrNOS. The summed E-state index contributed by atoms with van der Waals surface area (Å²) in [5.74, 6) is 0. The summed E-state index contributed by atoms with van der Waals surface area (Å²) < 4.78 is 0.910. The molecule has 56 valence electrons. The molecule has 0 aromatic heterocycles. The molecule has 0 N–H and O–H groups in total. The molecule has 0 heterocycles. The van der Waals surface area contributed by atoms with E-state index in [2.05, 4.69) is 33.6 Å². The van der Waals surface area contributed by atoms with E-state index in [1.165, 1.54) is 6.08 Å². The van der Waals surface area contributed by atoms with Crippen molar-refractivity contribution in [2.75, 3.05) is 0 Å². The van der Waals surface area contributed by atoms with Gasteiger partial charge in [0.15, 0.2) is 0 Å². The molecule has 0 fully saturated rings. The van der Waals surface area contributed by atoms with Crippen molar-refractivity contribution in [3.05, 3.63) is 22.7 Å². The highest BCUT2D eigenvalue weighted by Gasteiger charge is 1.96. The highest BCUT2D eigenvalue weighted by atomic mass is 79.9. The molecule has 1 aromatic carbocycles. The van der Waals surface area contributed by atoms with Gasteiger partial charge in [0.1, 0.15) is 0 Å². The first kappa shape index (κ1) is 8.53. The number of carbonyl (C=O) groups excluding carboxylic acids is 1. The van der Waals surface area contributed by atoms with Crippen LogP contribution in [0.5, 0.6) is 0 Å². The molecule has 0 unspecified atom stereocenters. The lowest BCUT2D eigenvalue weighted by molar-refractivity contribution is 0.565. The Bertz CT molecular complexity index is 320. The molecule has 1 aromatic rings. The van der Waals surface area contributed by atoms with E-state index in [0.717, 1.165) is 4.47 Å². The number of benzene rings is 1. The third-order valence-electron chi connectivity index (χ3n) is 1.10. The van der Waals surface area contributed by atoms with E-state index in [0.29, 0.717) is 10.6 Å². The molecule has 0 bridgehead atoms. The molecule has 0 aliphatic carbocycles. The van der Waals surface area contributed by atoms with Gasteiger partial charge >= 0.3 is 0 Å². The molecule has 0 atom stereocenters. The summed E-state index contributed by atoms with van der Waals surface area (Å²) in [5, 5.41) is 0. The van der Waals surface area contributed by atoms with Gasteiger partial charge in [0.05, 0.1) is 5.69 Å². The largest absolute Gasteiger partial charge is 0.240 e. The van der Waals surface area contributed by atoms with E-state index < -0.39 is 0 Å². The first-order valence-electron chi connectivity index (χ1n) is 2.80. The number of aliphatic imine (C=N–C) groups is 1. The lowest BCUT2D eigenvalue weighted by Gasteiger charge is -1.95. The number of rotatable bonds is 1. The van der Waals surface area contributed by atoms with Gasteiger partial charge in [-0.1, -0.05) is 15.9 Å². The second-order valence-electron chi connectivity index (χ2n) is 1.84. The van der Waals surface area contributed by atoms with Crippen molar-refractivity contribution in [1.82, 2.24) is 0 Å². The van der Waals surface area contributed by atoms with Gasteiger partial charge in [-0.05, 0) is 18.2 Å². The Morgan fingerprint density at radius 1 is 1.55 bits per heavy atom. The van der Waals surface area contributed by atoms with Crippen LogP contribution in [0.15, 0.2) is 32.6 Å². The van der Waals surface area contributed by atoms with Gasteiger partial charge in [-0.25, -0.2) is 4.79 Å². The highest BCUT2D eigenvalue weighted by molar-refractivity contribution is 9.10. The minimum Gasteiger partial charge on any atom is -0.211 e. The van der Waals surface area contributed by atoms with Gasteiger partial charge in [0, 0.05) is 9.37 Å². The van der Waals surface area contributed by atoms with Gasteiger partial charge in [0.25, 0.3) is 0 Å². The lowest BCUT2D eigenvalue weighted by atomic mass is 10.3. The number of nitrogens with zero attached hydrogens (tertiary/aromatic N) is 1.